The van der Waals surface area contributed by atoms with Crippen molar-refractivity contribution in [2.24, 2.45) is 0 Å². The minimum Gasteiger partial charge on any atom is -0.482 e. The van der Waals surface area contributed by atoms with Gasteiger partial charge in [0.25, 0.3) is 0 Å². The minimum atomic E-state index is -0.490. The number of carbonyl (C=O) groups excluding carboxylic acids is 1. The van der Waals surface area contributed by atoms with Gasteiger partial charge in [-0.3, -0.25) is 0 Å². The van der Waals surface area contributed by atoms with Crippen molar-refractivity contribution in [1.29, 1.82) is 5.26 Å². The molecule has 0 spiro atoms. The molecule has 3 aromatic rings. The lowest BCUT2D eigenvalue weighted by Crippen LogP contribution is -2.14. The Morgan fingerprint density at radius 2 is 1.88 bits per heavy atom. The second-order valence-corrected chi connectivity index (χ2v) is 6.53. The quantitative estimate of drug-likeness (QED) is 0.587. The molecule has 0 aliphatic rings. The first kappa shape index (κ1) is 17.9. The fraction of sp³-hybridized carbons (Fsp3) is 0.105. The number of esters is 1. The average molecular weight is 385 g/mol. The fourth-order valence-electron chi connectivity index (χ4n) is 2.06. The van der Waals surface area contributed by atoms with E-state index in [2.05, 4.69) is 4.98 Å². The van der Waals surface area contributed by atoms with Crippen LogP contribution in [0.4, 0.5) is 0 Å². The second kappa shape index (κ2) is 8.48. The minimum absolute atomic E-state index is 0.0830. The van der Waals surface area contributed by atoms with Crippen molar-refractivity contribution >= 4 is 28.9 Å². The SMILES string of the molecule is N#Cc1ccc(OCC(=O)OCc2csc(-c3ccc(Cl)cc3)n2)cc1. The molecule has 5 nitrogen and oxygen atoms in total. The monoisotopic (exact) mass is 384 g/mol. The molecule has 130 valence electrons. The standard InChI is InChI=1S/C19H13ClN2O3S/c20-15-5-3-14(4-6-15)19-22-16(12-26-19)10-25-18(23)11-24-17-7-1-13(9-21)2-8-17/h1-8,12H,10-11H2. The third-order valence-electron chi connectivity index (χ3n) is 3.36. The number of thiazole rings is 1. The van der Waals surface area contributed by atoms with Gasteiger partial charge in [0, 0.05) is 16.0 Å². The van der Waals surface area contributed by atoms with Gasteiger partial charge in [0.15, 0.2) is 6.61 Å². The molecule has 0 saturated carbocycles. The Labute approximate surface area is 159 Å². The number of hydrogen-bond acceptors (Lipinski definition) is 6. The van der Waals surface area contributed by atoms with Gasteiger partial charge in [-0.25, -0.2) is 9.78 Å². The van der Waals surface area contributed by atoms with Crippen molar-refractivity contribution in [3.63, 3.8) is 0 Å². The number of nitrogens with zero attached hydrogens (tertiary/aromatic N) is 2. The number of nitriles is 1. The first-order valence-electron chi connectivity index (χ1n) is 7.63. The van der Waals surface area contributed by atoms with Crippen molar-refractivity contribution in [2.45, 2.75) is 6.61 Å². The predicted octanol–water partition coefficient (Wildman–Crippen LogP) is 4.46. The maximum absolute atomic E-state index is 11.8. The molecule has 1 heterocycles. The molecule has 26 heavy (non-hydrogen) atoms. The maximum Gasteiger partial charge on any atom is 0.344 e. The third-order valence-corrected chi connectivity index (χ3v) is 4.56. The van der Waals surface area contributed by atoms with Crippen LogP contribution in [0.5, 0.6) is 5.75 Å². The van der Waals surface area contributed by atoms with Crippen molar-refractivity contribution in [3.05, 3.63) is 70.2 Å². The van der Waals surface area contributed by atoms with Gasteiger partial charge < -0.3 is 9.47 Å². The second-order valence-electron chi connectivity index (χ2n) is 5.24. The van der Waals surface area contributed by atoms with Gasteiger partial charge in [-0.2, -0.15) is 5.26 Å². The number of rotatable bonds is 6. The Kier molecular flexibility index (Phi) is 5.84. The molecule has 0 aliphatic heterocycles. The van der Waals surface area contributed by atoms with Crippen LogP contribution in [0.3, 0.4) is 0 Å². The largest absolute Gasteiger partial charge is 0.482 e. The van der Waals surface area contributed by atoms with Gasteiger partial charge in [0.1, 0.15) is 17.4 Å². The van der Waals surface area contributed by atoms with Crippen molar-refractivity contribution in [2.75, 3.05) is 6.61 Å². The summed E-state index contributed by atoms with van der Waals surface area (Å²) < 4.78 is 10.5. The van der Waals surface area contributed by atoms with Crippen LogP contribution in [0, 0.1) is 11.3 Å². The van der Waals surface area contributed by atoms with Crippen LogP contribution in [0.1, 0.15) is 11.3 Å². The zero-order valence-corrected chi connectivity index (χ0v) is 15.1. The van der Waals surface area contributed by atoms with E-state index in [0.29, 0.717) is 22.0 Å². The predicted molar refractivity (Wildman–Crippen MR) is 99.0 cm³/mol. The molecule has 0 amide bonds. The van der Waals surface area contributed by atoms with E-state index in [0.717, 1.165) is 10.6 Å². The lowest BCUT2D eigenvalue weighted by molar-refractivity contribution is -0.147. The van der Waals surface area contributed by atoms with E-state index < -0.39 is 5.97 Å². The van der Waals surface area contributed by atoms with E-state index in [1.54, 1.807) is 36.4 Å². The summed E-state index contributed by atoms with van der Waals surface area (Å²) in [5.74, 6) is 0.00929. The summed E-state index contributed by atoms with van der Waals surface area (Å²) in [5.41, 5.74) is 2.16. The zero-order valence-electron chi connectivity index (χ0n) is 13.5. The van der Waals surface area contributed by atoms with Crippen LogP contribution in [-0.2, 0) is 16.1 Å². The van der Waals surface area contributed by atoms with Gasteiger partial charge in [-0.05, 0) is 36.4 Å². The highest BCUT2D eigenvalue weighted by Crippen LogP contribution is 2.25. The van der Waals surface area contributed by atoms with E-state index in [4.69, 9.17) is 26.3 Å². The van der Waals surface area contributed by atoms with Crippen molar-refractivity contribution in [3.8, 4) is 22.4 Å². The summed E-state index contributed by atoms with van der Waals surface area (Å²) in [5, 5.41) is 12.1. The topological polar surface area (TPSA) is 72.2 Å². The highest BCUT2D eigenvalue weighted by atomic mass is 35.5. The first-order valence-corrected chi connectivity index (χ1v) is 8.89. The molecule has 0 bridgehead atoms. The van der Waals surface area contributed by atoms with Crippen LogP contribution in [-0.4, -0.2) is 17.6 Å². The highest BCUT2D eigenvalue weighted by molar-refractivity contribution is 7.13. The van der Waals surface area contributed by atoms with E-state index in [1.807, 2.05) is 23.6 Å². The third kappa shape index (κ3) is 4.82. The Bertz CT molecular complexity index is 931. The highest BCUT2D eigenvalue weighted by Gasteiger charge is 2.09. The molecule has 0 radical (unpaired) electrons. The van der Waals surface area contributed by atoms with E-state index in [9.17, 15) is 4.79 Å². The molecule has 0 saturated heterocycles. The van der Waals surface area contributed by atoms with Gasteiger partial charge >= 0.3 is 5.97 Å². The van der Waals surface area contributed by atoms with Crippen LogP contribution >= 0.6 is 22.9 Å². The number of carbonyl (C=O) groups is 1. The molecule has 3 rings (SSSR count). The number of ether oxygens (including phenoxy) is 2. The van der Waals surface area contributed by atoms with Gasteiger partial charge in [0.05, 0.1) is 17.3 Å². The van der Waals surface area contributed by atoms with Gasteiger partial charge in [0.2, 0.25) is 0 Å². The van der Waals surface area contributed by atoms with Gasteiger partial charge in [-0.15, -0.1) is 11.3 Å². The molecular weight excluding hydrogens is 372 g/mol. The Morgan fingerprint density at radius 1 is 1.15 bits per heavy atom. The molecule has 0 aliphatic carbocycles. The lowest BCUT2D eigenvalue weighted by atomic mass is 10.2. The lowest BCUT2D eigenvalue weighted by Gasteiger charge is -2.06. The molecule has 0 unspecified atom stereocenters. The molecule has 2 aromatic carbocycles. The summed E-state index contributed by atoms with van der Waals surface area (Å²) in [6.45, 7) is -0.125. The summed E-state index contributed by atoms with van der Waals surface area (Å²) >= 11 is 7.35. The molecule has 0 N–H and O–H groups in total. The molecular formula is C19H13ClN2O3S. The Morgan fingerprint density at radius 3 is 2.58 bits per heavy atom. The Balaban J connectivity index is 1.48. The fourth-order valence-corrected chi connectivity index (χ4v) is 3.00. The number of halogens is 1. The molecule has 0 fully saturated rings. The average Bonchev–Trinajstić information content (AvgIpc) is 3.14. The number of benzene rings is 2. The molecule has 0 atom stereocenters. The van der Waals surface area contributed by atoms with Crippen molar-refractivity contribution in [1.82, 2.24) is 4.98 Å². The Hall–Kier alpha value is -2.88. The zero-order chi connectivity index (χ0) is 18.4. The van der Waals surface area contributed by atoms with Crippen LogP contribution < -0.4 is 4.74 Å². The van der Waals surface area contributed by atoms with Crippen LogP contribution in [0.2, 0.25) is 5.02 Å². The van der Waals surface area contributed by atoms with Gasteiger partial charge in [-0.1, -0.05) is 23.7 Å². The number of aromatic nitrogens is 1. The maximum atomic E-state index is 11.8. The van der Waals surface area contributed by atoms with E-state index in [1.165, 1.54) is 11.3 Å². The van der Waals surface area contributed by atoms with Crippen LogP contribution in [0.25, 0.3) is 10.6 Å². The van der Waals surface area contributed by atoms with E-state index in [-0.39, 0.29) is 13.2 Å². The van der Waals surface area contributed by atoms with Crippen LogP contribution in [0.15, 0.2) is 53.9 Å². The first-order chi connectivity index (χ1) is 12.6. The van der Waals surface area contributed by atoms with E-state index >= 15 is 0 Å². The summed E-state index contributed by atoms with van der Waals surface area (Å²) in [4.78, 5) is 16.2. The normalized spacial score (nSPS) is 10.2. The summed E-state index contributed by atoms with van der Waals surface area (Å²) in [7, 11) is 0. The smallest absolute Gasteiger partial charge is 0.344 e. The summed E-state index contributed by atoms with van der Waals surface area (Å²) in [6.07, 6.45) is 0. The summed E-state index contributed by atoms with van der Waals surface area (Å²) in [6, 6.07) is 15.9. The van der Waals surface area contributed by atoms with Crippen molar-refractivity contribution < 1.29 is 14.3 Å². The molecule has 1 aromatic heterocycles. The number of hydrogen-bond donors (Lipinski definition) is 0. The molecule has 7 heteroatoms.